The Hall–Kier alpha value is -2.54. The largest absolute Gasteiger partial charge is 0.377 e. The lowest BCUT2D eigenvalue weighted by Crippen LogP contribution is -2.34. The number of carbonyl (C=O) groups excluding carboxylic acids is 2. The fourth-order valence-corrected chi connectivity index (χ4v) is 3.94. The average molecular weight is 415 g/mol. The number of rotatable bonds is 8. The van der Waals surface area contributed by atoms with Crippen LogP contribution in [0.3, 0.4) is 0 Å². The van der Waals surface area contributed by atoms with Gasteiger partial charge in [-0.15, -0.1) is 11.3 Å². The molecule has 1 aliphatic carbocycles. The lowest BCUT2D eigenvalue weighted by Gasteiger charge is -2.26. The smallest absolute Gasteiger partial charge is 0.319 e. The Bertz CT molecular complexity index is 845. The normalized spacial score (nSPS) is 13.3. The van der Waals surface area contributed by atoms with Crippen molar-refractivity contribution in [2.45, 2.75) is 39.3 Å². The van der Waals surface area contributed by atoms with Crippen LogP contribution in [0.15, 0.2) is 35.7 Å². The van der Waals surface area contributed by atoms with E-state index >= 15 is 0 Å². The Morgan fingerprint density at radius 1 is 1.21 bits per heavy atom. The van der Waals surface area contributed by atoms with E-state index in [1.807, 2.05) is 73.5 Å². The summed E-state index contributed by atoms with van der Waals surface area (Å²) in [6.45, 7) is 5.13. The van der Waals surface area contributed by atoms with Crippen molar-refractivity contribution in [1.82, 2.24) is 10.2 Å². The molecule has 7 heteroatoms. The number of urea groups is 1. The molecule has 1 saturated carbocycles. The summed E-state index contributed by atoms with van der Waals surface area (Å²) in [5.74, 6) is 0.673. The van der Waals surface area contributed by atoms with Crippen molar-refractivity contribution in [3.05, 3.63) is 46.2 Å². The van der Waals surface area contributed by atoms with Crippen molar-refractivity contribution in [3.63, 3.8) is 0 Å². The van der Waals surface area contributed by atoms with Gasteiger partial charge in [0.25, 0.3) is 5.91 Å². The summed E-state index contributed by atoms with van der Waals surface area (Å²) in [5.41, 5.74) is 2.78. The maximum absolute atomic E-state index is 13.1. The minimum absolute atomic E-state index is 0.0629. The molecule has 3 rings (SSSR count). The number of nitrogens with zero attached hydrogens (tertiary/aromatic N) is 2. The second-order valence-electron chi connectivity index (χ2n) is 8.10. The monoisotopic (exact) mass is 414 g/mol. The summed E-state index contributed by atoms with van der Waals surface area (Å²) in [7, 11) is 3.98. The minimum Gasteiger partial charge on any atom is -0.377 e. The zero-order chi connectivity index (χ0) is 21.0. The number of nitrogens with one attached hydrogen (secondary N) is 2. The SMILES string of the molecule is CC(C)NC(=O)Nc1ccc(N(C)C)c(CN(CC2CC2)C(=O)c2cccs2)c1. The molecule has 0 unspecified atom stereocenters. The van der Waals surface area contributed by atoms with Crippen LogP contribution < -0.4 is 15.5 Å². The zero-order valence-electron chi connectivity index (χ0n) is 17.6. The van der Waals surface area contributed by atoms with E-state index in [4.69, 9.17) is 0 Å². The van der Waals surface area contributed by atoms with E-state index in [2.05, 4.69) is 10.6 Å². The molecule has 0 spiro atoms. The number of thiophene rings is 1. The third kappa shape index (κ3) is 5.97. The van der Waals surface area contributed by atoms with E-state index in [9.17, 15) is 9.59 Å². The van der Waals surface area contributed by atoms with Gasteiger partial charge in [0.05, 0.1) is 4.88 Å². The fourth-order valence-electron chi connectivity index (χ4n) is 3.25. The quantitative estimate of drug-likeness (QED) is 0.673. The summed E-state index contributed by atoms with van der Waals surface area (Å²) >= 11 is 1.48. The predicted octanol–water partition coefficient (Wildman–Crippen LogP) is 4.40. The van der Waals surface area contributed by atoms with Gasteiger partial charge in [-0.05, 0) is 67.8 Å². The van der Waals surface area contributed by atoms with Gasteiger partial charge in [0, 0.05) is 44.6 Å². The molecule has 29 heavy (non-hydrogen) atoms. The first-order valence-corrected chi connectivity index (χ1v) is 10.9. The molecule has 1 heterocycles. The maximum Gasteiger partial charge on any atom is 0.319 e. The lowest BCUT2D eigenvalue weighted by molar-refractivity contribution is 0.0740. The van der Waals surface area contributed by atoms with Crippen LogP contribution in [0, 0.1) is 5.92 Å². The van der Waals surface area contributed by atoms with E-state index in [1.165, 1.54) is 24.2 Å². The van der Waals surface area contributed by atoms with Gasteiger partial charge in [-0.2, -0.15) is 0 Å². The van der Waals surface area contributed by atoms with Crippen LogP contribution in [-0.2, 0) is 6.54 Å². The molecule has 0 atom stereocenters. The van der Waals surface area contributed by atoms with Crippen molar-refractivity contribution in [2.75, 3.05) is 30.9 Å². The van der Waals surface area contributed by atoms with Gasteiger partial charge < -0.3 is 20.4 Å². The van der Waals surface area contributed by atoms with Crippen LogP contribution in [0.4, 0.5) is 16.2 Å². The Morgan fingerprint density at radius 2 is 1.97 bits per heavy atom. The summed E-state index contributed by atoms with van der Waals surface area (Å²) < 4.78 is 0. The van der Waals surface area contributed by atoms with Crippen LogP contribution in [-0.4, -0.2) is 43.5 Å². The summed E-state index contributed by atoms with van der Waals surface area (Å²) in [6, 6.07) is 9.48. The maximum atomic E-state index is 13.1. The highest BCUT2D eigenvalue weighted by Gasteiger charge is 2.28. The number of amides is 3. The molecular weight excluding hydrogens is 384 g/mol. The Morgan fingerprint density at radius 3 is 2.55 bits per heavy atom. The first kappa shape index (κ1) is 21.2. The van der Waals surface area contributed by atoms with Gasteiger partial charge >= 0.3 is 6.03 Å². The number of carbonyl (C=O) groups is 2. The lowest BCUT2D eigenvalue weighted by atomic mass is 10.1. The van der Waals surface area contributed by atoms with Crippen molar-refractivity contribution in [2.24, 2.45) is 5.92 Å². The molecule has 2 N–H and O–H groups in total. The molecule has 0 bridgehead atoms. The summed E-state index contributed by atoms with van der Waals surface area (Å²) in [4.78, 5) is 29.9. The molecule has 0 radical (unpaired) electrons. The molecule has 6 nitrogen and oxygen atoms in total. The molecule has 3 amide bonds. The Kier molecular flexibility index (Phi) is 6.79. The van der Waals surface area contributed by atoms with E-state index in [0.717, 1.165) is 28.4 Å². The summed E-state index contributed by atoms with van der Waals surface area (Å²) in [5, 5.41) is 7.67. The number of benzene rings is 1. The van der Waals surface area contributed by atoms with Gasteiger partial charge in [-0.25, -0.2) is 4.79 Å². The third-order valence-electron chi connectivity index (χ3n) is 4.79. The molecule has 1 aromatic carbocycles. The summed E-state index contributed by atoms with van der Waals surface area (Å²) in [6.07, 6.45) is 2.37. The molecule has 1 aliphatic rings. The molecule has 1 fully saturated rings. The van der Waals surface area contributed by atoms with Crippen molar-refractivity contribution in [1.29, 1.82) is 0 Å². The second-order valence-corrected chi connectivity index (χ2v) is 9.05. The van der Waals surface area contributed by atoms with Gasteiger partial charge in [0.1, 0.15) is 0 Å². The average Bonchev–Trinajstić information content (AvgIpc) is 3.29. The molecular formula is C22H30N4O2S. The zero-order valence-corrected chi connectivity index (χ0v) is 18.4. The van der Waals surface area contributed by atoms with E-state index in [-0.39, 0.29) is 18.0 Å². The van der Waals surface area contributed by atoms with Crippen LogP contribution in [0.5, 0.6) is 0 Å². The number of hydrogen-bond donors (Lipinski definition) is 2. The van der Waals surface area contributed by atoms with Gasteiger partial charge in [-0.1, -0.05) is 6.07 Å². The van der Waals surface area contributed by atoms with Gasteiger partial charge in [-0.3, -0.25) is 4.79 Å². The van der Waals surface area contributed by atoms with Crippen molar-refractivity contribution >= 4 is 34.6 Å². The molecule has 0 saturated heterocycles. The highest BCUT2D eigenvalue weighted by molar-refractivity contribution is 7.12. The topological polar surface area (TPSA) is 64.7 Å². The number of hydrogen-bond acceptors (Lipinski definition) is 4. The Balaban J connectivity index is 1.83. The first-order chi connectivity index (χ1) is 13.8. The van der Waals surface area contributed by atoms with Crippen LogP contribution in [0.2, 0.25) is 0 Å². The highest BCUT2D eigenvalue weighted by atomic mass is 32.1. The van der Waals surface area contributed by atoms with Gasteiger partial charge in [0.15, 0.2) is 0 Å². The standard InChI is InChI=1S/C22H30N4O2S/c1-15(2)23-22(28)24-18-9-10-19(25(3)4)17(12-18)14-26(13-16-7-8-16)21(27)20-6-5-11-29-20/h5-6,9-12,15-16H,7-8,13-14H2,1-4H3,(H2,23,24,28). The fraction of sp³-hybridized carbons (Fsp3) is 0.455. The van der Waals surface area contributed by atoms with Crippen LogP contribution in [0.1, 0.15) is 41.9 Å². The molecule has 156 valence electrons. The molecule has 0 aliphatic heterocycles. The van der Waals surface area contributed by atoms with E-state index < -0.39 is 0 Å². The van der Waals surface area contributed by atoms with Crippen molar-refractivity contribution in [3.8, 4) is 0 Å². The van der Waals surface area contributed by atoms with Crippen LogP contribution >= 0.6 is 11.3 Å². The van der Waals surface area contributed by atoms with Crippen LogP contribution in [0.25, 0.3) is 0 Å². The number of anilines is 2. The van der Waals surface area contributed by atoms with E-state index in [0.29, 0.717) is 12.5 Å². The molecule has 2 aromatic rings. The Labute approximate surface area is 176 Å². The highest BCUT2D eigenvalue weighted by Crippen LogP contribution is 2.32. The second kappa shape index (κ2) is 9.31. The third-order valence-corrected chi connectivity index (χ3v) is 5.65. The van der Waals surface area contributed by atoms with E-state index in [1.54, 1.807) is 0 Å². The predicted molar refractivity (Wildman–Crippen MR) is 120 cm³/mol. The van der Waals surface area contributed by atoms with Gasteiger partial charge in [0.2, 0.25) is 0 Å². The first-order valence-electron chi connectivity index (χ1n) is 10.0. The van der Waals surface area contributed by atoms with Crippen molar-refractivity contribution < 1.29 is 9.59 Å². The molecule has 1 aromatic heterocycles. The minimum atomic E-state index is -0.229.